The summed E-state index contributed by atoms with van der Waals surface area (Å²) in [6.07, 6.45) is 2.26. The third-order valence-corrected chi connectivity index (χ3v) is 5.56. The number of halogens is 1. The van der Waals surface area contributed by atoms with Gasteiger partial charge in [0.15, 0.2) is 5.78 Å². The molecule has 0 bridgehead atoms. The first kappa shape index (κ1) is 17.9. The zero-order valence-corrected chi connectivity index (χ0v) is 16.6. The molecule has 1 fully saturated rings. The summed E-state index contributed by atoms with van der Waals surface area (Å²) in [5, 5.41) is 4.56. The molecule has 148 valence electrons. The molecular weight excluding hydrogens is 371 g/mol. The average molecular weight is 392 g/mol. The molecule has 0 amide bonds. The van der Waals surface area contributed by atoms with Gasteiger partial charge in [0, 0.05) is 24.1 Å². The highest BCUT2D eigenvalue weighted by atomic mass is 19.1. The molecule has 2 heterocycles. The summed E-state index contributed by atoms with van der Waals surface area (Å²) < 4.78 is 27.4. The summed E-state index contributed by atoms with van der Waals surface area (Å²) in [6.45, 7) is 3.56. The van der Waals surface area contributed by atoms with Crippen LogP contribution in [0.15, 0.2) is 30.3 Å². The average Bonchev–Trinajstić information content (AvgIpc) is 3.45. The fraction of sp³-hybridized carbons (Fsp3) is 0.304. The lowest BCUT2D eigenvalue weighted by molar-refractivity contribution is 0.101. The largest absolute Gasteiger partial charge is 0.496 e. The van der Waals surface area contributed by atoms with Gasteiger partial charge in [0.1, 0.15) is 29.6 Å². The number of nitrogens with zero attached hydrogens (tertiary/aromatic N) is 2. The Bertz CT molecular complexity index is 1140. The minimum atomic E-state index is -0.339. The fourth-order valence-corrected chi connectivity index (χ4v) is 4.10. The number of hydrogen-bond donors (Lipinski definition) is 0. The summed E-state index contributed by atoms with van der Waals surface area (Å²) in [4.78, 5) is 12.3. The highest BCUT2D eigenvalue weighted by molar-refractivity contribution is 5.96. The van der Waals surface area contributed by atoms with E-state index in [1.165, 1.54) is 19.1 Å². The van der Waals surface area contributed by atoms with E-state index in [2.05, 4.69) is 11.2 Å². The molecule has 1 aliphatic heterocycles. The van der Waals surface area contributed by atoms with Crippen molar-refractivity contribution in [1.82, 2.24) is 9.78 Å². The number of Topliss-reactive ketones (excluding diaryl/α,β-unsaturated/α-hetero) is 1. The summed E-state index contributed by atoms with van der Waals surface area (Å²) in [7, 11) is 1.66. The van der Waals surface area contributed by atoms with Gasteiger partial charge in [-0.3, -0.25) is 4.79 Å². The number of benzene rings is 2. The van der Waals surface area contributed by atoms with Gasteiger partial charge in [-0.25, -0.2) is 9.07 Å². The molecule has 0 unspecified atom stereocenters. The molecule has 3 aromatic rings. The van der Waals surface area contributed by atoms with E-state index in [1.807, 2.05) is 19.1 Å². The van der Waals surface area contributed by atoms with Crippen LogP contribution in [-0.4, -0.2) is 22.7 Å². The number of methoxy groups -OCH3 is 1. The minimum Gasteiger partial charge on any atom is -0.496 e. The summed E-state index contributed by atoms with van der Waals surface area (Å²) in [6, 6.07) is 8.76. The third-order valence-electron chi connectivity index (χ3n) is 5.56. The molecule has 5 rings (SSSR count). The van der Waals surface area contributed by atoms with Crippen molar-refractivity contribution in [2.45, 2.75) is 39.2 Å². The number of rotatable bonds is 4. The number of aryl methyl sites for hydroxylation is 1. The van der Waals surface area contributed by atoms with Crippen molar-refractivity contribution in [1.29, 1.82) is 0 Å². The van der Waals surface area contributed by atoms with Gasteiger partial charge in [-0.05, 0) is 61.1 Å². The number of carbonyl (C=O) groups excluding carboxylic acids is 1. The number of aromatic nitrogens is 2. The van der Waals surface area contributed by atoms with Crippen molar-refractivity contribution in [3.05, 3.63) is 58.5 Å². The number of fused-ring (bicyclic) bond motifs is 3. The Morgan fingerprint density at radius 2 is 2.03 bits per heavy atom. The highest BCUT2D eigenvalue weighted by Crippen LogP contribution is 2.50. The first-order valence-corrected chi connectivity index (χ1v) is 9.71. The van der Waals surface area contributed by atoms with E-state index >= 15 is 0 Å². The van der Waals surface area contributed by atoms with Crippen LogP contribution in [0.1, 0.15) is 52.9 Å². The Morgan fingerprint density at radius 1 is 1.24 bits per heavy atom. The van der Waals surface area contributed by atoms with Gasteiger partial charge in [-0.1, -0.05) is 0 Å². The van der Waals surface area contributed by atoms with Crippen LogP contribution in [0.2, 0.25) is 0 Å². The van der Waals surface area contributed by atoms with E-state index < -0.39 is 0 Å². The van der Waals surface area contributed by atoms with Gasteiger partial charge in [-0.2, -0.15) is 5.10 Å². The van der Waals surface area contributed by atoms with E-state index in [1.54, 1.807) is 11.8 Å². The summed E-state index contributed by atoms with van der Waals surface area (Å²) in [5.41, 5.74) is 5.24. The quantitative estimate of drug-likeness (QED) is 0.589. The monoisotopic (exact) mass is 392 g/mol. The van der Waals surface area contributed by atoms with Crippen molar-refractivity contribution in [2.75, 3.05) is 7.11 Å². The predicted molar refractivity (Wildman–Crippen MR) is 107 cm³/mol. The molecule has 0 spiro atoms. The van der Waals surface area contributed by atoms with E-state index in [-0.39, 0.29) is 18.2 Å². The van der Waals surface area contributed by atoms with Gasteiger partial charge < -0.3 is 9.47 Å². The van der Waals surface area contributed by atoms with Gasteiger partial charge in [-0.15, -0.1) is 0 Å². The van der Waals surface area contributed by atoms with E-state index in [0.717, 1.165) is 46.5 Å². The number of ketones is 1. The van der Waals surface area contributed by atoms with Crippen LogP contribution < -0.4 is 9.47 Å². The van der Waals surface area contributed by atoms with Gasteiger partial charge in [0.05, 0.1) is 18.5 Å². The molecule has 1 aromatic heterocycles. The standard InChI is InChI=1S/C23H21FN2O3/c1-12-6-15(24)8-16(7-12)26-23-18-9-17(14-4-5-14)20(28-3)10-21(18)29-11-19(23)22(25-26)13(2)27/h6-10,14H,4-5,11H2,1-3H3. The highest BCUT2D eigenvalue weighted by Gasteiger charge is 2.33. The fourth-order valence-electron chi connectivity index (χ4n) is 4.10. The maximum atomic E-state index is 14.1. The first-order chi connectivity index (χ1) is 14.0. The smallest absolute Gasteiger partial charge is 0.180 e. The SMILES string of the molecule is COc1cc2c(cc1C1CC1)-c1c(c(C(C)=O)nn1-c1cc(C)cc(F)c1)CO2. The van der Waals surface area contributed by atoms with Crippen LogP contribution >= 0.6 is 0 Å². The molecular formula is C23H21FN2O3. The maximum Gasteiger partial charge on any atom is 0.180 e. The van der Waals surface area contributed by atoms with Crippen molar-refractivity contribution in [2.24, 2.45) is 0 Å². The second-order valence-electron chi connectivity index (χ2n) is 7.78. The minimum absolute atomic E-state index is 0.142. The topological polar surface area (TPSA) is 53.3 Å². The van der Waals surface area contributed by atoms with Gasteiger partial charge in [0.25, 0.3) is 0 Å². The number of carbonyl (C=O) groups is 1. The molecule has 0 saturated heterocycles. The summed E-state index contributed by atoms with van der Waals surface area (Å²) in [5.74, 6) is 1.49. The predicted octanol–water partition coefficient (Wildman–Crippen LogP) is 4.97. The van der Waals surface area contributed by atoms with E-state index in [0.29, 0.717) is 23.0 Å². The van der Waals surface area contributed by atoms with E-state index in [9.17, 15) is 9.18 Å². The number of hydrogen-bond acceptors (Lipinski definition) is 4. The Hall–Kier alpha value is -3.15. The molecule has 6 heteroatoms. The zero-order chi connectivity index (χ0) is 20.3. The van der Waals surface area contributed by atoms with Crippen LogP contribution in [0.3, 0.4) is 0 Å². The Labute approximate surface area is 168 Å². The third kappa shape index (κ3) is 2.90. The van der Waals surface area contributed by atoms with Crippen LogP contribution in [0.25, 0.3) is 16.9 Å². The van der Waals surface area contributed by atoms with Crippen LogP contribution in [-0.2, 0) is 6.61 Å². The Balaban J connectivity index is 1.79. The van der Waals surface area contributed by atoms with Gasteiger partial charge >= 0.3 is 0 Å². The lowest BCUT2D eigenvalue weighted by Crippen LogP contribution is -2.10. The molecule has 2 aliphatic rings. The molecule has 1 saturated carbocycles. The van der Waals surface area contributed by atoms with Crippen molar-refractivity contribution >= 4 is 5.78 Å². The Kier molecular flexibility index (Phi) is 3.98. The second-order valence-corrected chi connectivity index (χ2v) is 7.78. The molecule has 0 radical (unpaired) electrons. The van der Waals surface area contributed by atoms with E-state index in [4.69, 9.17) is 9.47 Å². The lowest BCUT2D eigenvalue weighted by Gasteiger charge is -2.22. The summed E-state index contributed by atoms with van der Waals surface area (Å²) >= 11 is 0. The first-order valence-electron chi connectivity index (χ1n) is 9.71. The van der Waals surface area contributed by atoms with Crippen molar-refractivity contribution in [3.8, 4) is 28.4 Å². The zero-order valence-electron chi connectivity index (χ0n) is 16.6. The molecule has 5 nitrogen and oxygen atoms in total. The molecule has 29 heavy (non-hydrogen) atoms. The number of ether oxygens (including phenoxy) is 2. The molecule has 1 aliphatic carbocycles. The normalized spacial score (nSPS) is 14.8. The van der Waals surface area contributed by atoms with Crippen LogP contribution in [0.5, 0.6) is 11.5 Å². The van der Waals surface area contributed by atoms with Crippen LogP contribution in [0.4, 0.5) is 4.39 Å². The Morgan fingerprint density at radius 3 is 2.69 bits per heavy atom. The molecule has 0 atom stereocenters. The maximum absolute atomic E-state index is 14.1. The molecule has 0 N–H and O–H groups in total. The van der Waals surface area contributed by atoms with Gasteiger partial charge in [0.2, 0.25) is 0 Å². The second kappa shape index (κ2) is 6.44. The van der Waals surface area contributed by atoms with Crippen molar-refractivity contribution < 1.29 is 18.7 Å². The van der Waals surface area contributed by atoms with Crippen LogP contribution in [0, 0.1) is 12.7 Å². The molecule has 2 aromatic carbocycles. The lowest BCUT2D eigenvalue weighted by atomic mass is 9.97. The van der Waals surface area contributed by atoms with Crippen molar-refractivity contribution in [3.63, 3.8) is 0 Å².